The fraction of sp³-hybridized carbons (Fsp3) is 0.500. The fourth-order valence-electron chi connectivity index (χ4n) is 2.24. The number of piperazine rings is 1. The number of hydrogen-bond donors (Lipinski definition) is 1. The molecule has 2 heterocycles. The van der Waals surface area contributed by atoms with Crippen molar-refractivity contribution in [2.24, 2.45) is 0 Å². The van der Waals surface area contributed by atoms with E-state index in [0.29, 0.717) is 13.0 Å². The highest BCUT2D eigenvalue weighted by atomic mass is 16.2. The molecule has 2 amide bonds. The third-order valence-corrected chi connectivity index (χ3v) is 3.43. The van der Waals surface area contributed by atoms with E-state index in [4.69, 9.17) is 0 Å². The zero-order valence-corrected chi connectivity index (χ0v) is 11.5. The van der Waals surface area contributed by atoms with Crippen molar-refractivity contribution >= 4 is 11.8 Å². The number of carbonyl (C=O) groups excluding carboxylic acids is 2. The van der Waals surface area contributed by atoms with Crippen LogP contribution in [-0.2, 0) is 16.1 Å². The molecular weight excluding hydrogens is 242 g/mol. The van der Waals surface area contributed by atoms with Gasteiger partial charge in [-0.2, -0.15) is 0 Å². The minimum Gasteiger partial charge on any atom is -0.343 e. The van der Waals surface area contributed by atoms with Crippen LogP contribution in [0.25, 0.3) is 0 Å². The first-order chi connectivity index (χ1) is 9.02. The number of aromatic nitrogens is 1. The second-order valence-corrected chi connectivity index (χ2v) is 4.88. The molecule has 0 spiro atoms. The number of nitrogens with one attached hydrogen (secondary N) is 1. The van der Waals surface area contributed by atoms with Gasteiger partial charge in [0.2, 0.25) is 11.8 Å². The quantitative estimate of drug-likeness (QED) is 0.883. The number of pyridine rings is 1. The standard InChI is InChI=1S/C14H19N3O2/c1-4-12-14(19)17(10(3)13(18)16-12)8-11-7-5-6-9(2)15-11/h5-7,10,12H,4,8H2,1-3H3,(H,16,18). The Morgan fingerprint density at radius 3 is 2.74 bits per heavy atom. The van der Waals surface area contributed by atoms with E-state index >= 15 is 0 Å². The van der Waals surface area contributed by atoms with Gasteiger partial charge in [-0.25, -0.2) is 0 Å². The average molecular weight is 261 g/mol. The summed E-state index contributed by atoms with van der Waals surface area (Å²) in [6, 6.07) is 4.84. The van der Waals surface area contributed by atoms with Gasteiger partial charge in [0.1, 0.15) is 12.1 Å². The molecule has 0 aromatic carbocycles. The minimum absolute atomic E-state index is 0.0297. The van der Waals surface area contributed by atoms with Crippen molar-refractivity contribution in [3.05, 3.63) is 29.6 Å². The number of aryl methyl sites for hydroxylation is 1. The summed E-state index contributed by atoms with van der Waals surface area (Å²) < 4.78 is 0. The van der Waals surface area contributed by atoms with E-state index in [0.717, 1.165) is 11.4 Å². The molecule has 1 aliphatic rings. The molecule has 0 aliphatic carbocycles. The number of amides is 2. The number of nitrogens with zero attached hydrogens (tertiary/aromatic N) is 2. The van der Waals surface area contributed by atoms with E-state index in [1.807, 2.05) is 32.0 Å². The van der Waals surface area contributed by atoms with Gasteiger partial charge in [-0.3, -0.25) is 14.6 Å². The minimum atomic E-state index is -0.447. The molecule has 0 saturated carbocycles. The second kappa shape index (κ2) is 5.38. The summed E-state index contributed by atoms with van der Waals surface area (Å²) in [4.78, 5) is 30.1. The van der Waals surface area contributed by atoms with Crippen LogP contribution in [0.4, 0.5) is 0 Å². The van der Waals surface area contributed by atoms with E-state index in [2.05, 4.69) is 10.3 Å². The largest absolute Gasteiger partial charge is 0.343 e. The third kappa shape index (κ3) is 2.75. The predicted molar refractivity (Wildman–Crippen MR) is 71.2 cm³/mol. The van der Waals surface area contributed by atoms with Crippen molar-refractivity contribution in [1.82, 2.24) is 15.2 Å². The van der Waals surface area contributed by atoms with Crippen molar-refractivity contribution in [3.63, 3.8) is 0 Å². The van der Waals surface area contributed by atoms with Gasteiger partial charge in [-0.1, -0.05) is 13.0 Å². The molecule has 1 saturated heterocycles. The summed E-state index contributed by atoms with van der Waals surface area (Å²) in [5.41, 5.74) is 1.72. The lowest BCUT2D eigenvalue weighted by Crippen LogP contribution is -2.61. The van der Waals surface area contributed by atoms with E-state index in [1.165, 1.54) is 0 Å². The predicted octanol–water partition coefficient (Wildman–Crippen LogP) is 1.02. The molecule has 0 radical (unpaired) electrons. The fourth-order valence-corrected chi connectivity index (χ4v) is 2.24. The van der Waals surface area contributed by atoms with Crippen LogP contribution >= 0.6 is 0 Å². The SMILES string of the molecule is CCC1NC(=O)C(C)N(Cc2cccc(C)n2)C1=O. The summed E-state index contributed by atoms with van der Waals surface area (Å²) in [5.74, 6) is -0.128. The highest BCUT2D eigenvalue weighted by Crippen LogP contribution is 2.15. The van der Waals surface area contributed by atoms with Gasteiger partial charge < -0.3 is 10.2 Å². The topological polar surface area (TPSA) is 62.3 Å². The molecule has 1 aromatic heterocycles. The molecule has 2 atom stereocenters. The van der Waals surface area contributed by atoms with Gasteiger partial charge in [0.15, 0.2) is 0 Å². The Bertz CT molecular complexity index is 501. The van der Waals surface area contributed by atoms with Crippen molar-refractivity contribution < 1.29 is 9.59 Å². The molecule has 0 bridgehead atoms. The Balaban J connectivity index is 2.21. The van der Waals surface area contributed by atoms with Crippen molar-refractivity contribution in [2.75, 3.05) is 0 Å². The van der Waals surface area contributed by atoms with Crippen molar-refractivity contribution in [1.29, 1.82) is 0 Å². The van der Waals surface area contributed by atoms with Gasteiger partial charge in [0.05, 0.1) is 12.2 Å². The molecule has 2 rings (SSSR count). The molecule has 19 heavy (non-hydrogen) atoms. The molecule has 1 N–H and O–H groups in total. The third-order valence-electron chi connectivity index (χ3n) is 3.43. The van der Waals surface area contributed by atoms with E-state index in [1.54, 1.807) is 11.8 Å². The zero-order chi connectivity index (χ0) is 14.0. The smallest absolute Gasteiger partial charge is 0.246 e. The Hall–Kier alpha value is -1.91. The Kier molecular flexibility index (Phi) is 3.83. The van der Waals surface area contributed by atoms with Gasteiger partial charge in [0, 0.05) is 5.69 Å². The van der Waals surface area contributed by atoms with Gasteiger partial charge >= 0.3 is 0 Å². The van der Waals surface area contributed by atoms with Crippen LogP contribution in [0.1, 0.15) is 31.7 Å². The molecule has 1 aliphatic heterocycles. The van der Waals surface area contributed by atoms with Crippen molar-refractivity contribution in [3.8, 4) is 0 Å². The van der Waals surface area contributed by atoms with Gasteiger partial charge in [-0.05, 0) is 32.4 Å². The van der Waals surface area contributed by atoms with Crippen LogP contribution in [0.5, 0.6) is 0 Å². The Labute approximate surface area is 113 Å². The molecule has 5 heteroatoms. The van der Waals surface area contributed by atoms with Crippen LogP contribution in [0, 0.1) is 6.92 Å². The normalized spacial score (nSPS) is 23.4. The highest BCUT2D eigenvalue weighted by molar-refractivity contribution is 5.96. The van der Waals surface area contributed by atoms with E-state index in [-0.39, 0.29) is 11.8 Å². The molecule has 102 valence electrons. The number of hydrogen-bond acceptors (Lipinski definition) is 3. The van der Waals surface area contributed by atoms with Crippen LogP contribution in [0.2, 0.25) is 0 Å². The summed E-state index contributed by atoms with van der Waals surface area (Å²) in [6.45, 7) is 5.93. The number of rotatable bonds is 3. The Morgan fingerprint density at radius 1 is 1.37 bits per heavy atom. The lowest BCUT2D eigenvalue weighted by molar-refractivity contribution is -0.149. The van der Waals surface area contributed by atoms with Crippen LogP contribution in [0.3, 0.4) is 0 Å². The molecule has 1 aromatic rings. The summed E-state index contributed by atoms with van der Waals surface area (Å²) in [6.07, 6.45) is 0.606. The maximum Gasteiger partial charge on any atom is 0.246 e. The molecule has 1 fully saturated rings. The summed E-state index contributed by atoms with van der Waals surface area (Å²) in [7, 11) is 0. The molecule has 5 nitrogen and oxygen atoms in total. The lowest BCUT2D eigenvalue weighted by atomic mass is 10.1. The second-order valence-electron chi connectivity index (χ2n) is 4.88. The lowest BCUT2D eigenvalue weighted by Gasteiger charge is -2.36. The zero-order valence-electron chi connectivity index (χ0n) is 11.5. The van der Waals surface area contributed by atoms with E-state index in [9.17, 15) is 9.59 Å². The van der Waals surface area contributed by atoms with Crippen molar-refractivity contribution in [2.45, 2.75) is 45.8 Å². The average Bonchev–Trinajstić information content (AvgIpc) is 2.39. The molecule has 2 unspecified atom stereocenters. The maximum atomic E-state index is 12.3. The van der Waals surface area contributed by atoms with Crippen LogP contribution in [-0.4, -0.2) is 33.8 Å². The first kappa shape index (κ1) is 13.5. The Morgan fingerprint density at radius 2 is 2.11 bits per heavy atom. The summed E-state index contributed by atoms with van der Waals surface area (Å²) >= 11 is 0. The summed E-state index contributed by atoms with van der Waals surface area (Å²) in [5, 5.41) is 2.74. The van der Waals surface area contributed by atoms with E-state index < -0.39 is 12.1 Å². The number of carbonyl (C=O) groups is 2. The first-order valence-corrected chi connectivity index (χ1v) is 6.56. The van der Waals surface area contributed by atoms with Crippen LogP contribution < -0.4 is 5.32 Å². The van der Waals surface area contributed by atoms with Gasteiger partial charge in [0.25, 0.3) is 0 Å². The molecular formula is C14H19N3O2. The maximum absolute atomic E-state index is 12.3. The van der Waals surface area contributed by atoms with Gasteiger partial charge in [-0.15, -0.1) is 0 Å². The highest BCUT2D eigenvalue weighted by Gasteiger charge is 2.37. The monoisotopic (exact) mass is 261 g/mol. The first-order valence-electron chi connectivity index (χ1n) is 6.56. The van der Waals surface area contributed by atoms with Crippen LogP contribution in [0.15, 0.2) is 18.2 Å².